The summed E-state index contributed by atoms with van der Waals surface area (Å²) in [6.07, 6.45) is 0.169. The molecule has 3 rings (SSSR count). The fourth-order valence-corrected chi connectivity index (χ4v) is 2.74. The van der Waals surface area contributed by atoms with Crippen LogP contribution in [0.25, 0.3) is 10.9 Å². The molecule has 5 heteroatoms. The molecule has 1 aromatic heterocycles. The van der Waals surface area contributed by atoms with Crippen LogP contribution in [0.4, 0.5) is 0 Å². The van der Waals surface area contributed by atoms with Crippen LogP contribution < -0.4 is 5.32 Å². The number of nitrogens with zero attached hydrogens (tertiary/aromatic N) is 1. The molecular weight excluding hydrogens is 296 g/mol. The summed E-state index contributed by atoms with van der Waals surface area (Å²) in [4.78, 5) is 27.4. The standard InChI is InChI=1S/C13H9BrN2O2/c14-9-5-7-3-1-2-4-10(7)15-12(9)8-6-11(17)16-13(8)18/h1-5,8H,6H2,(H,16,17,18). The summed E-state index contributed by atoms with van der Waals surface area (Å²) in [6.45, 7) is 0. The fraction of sp³-hybridized carbons (Fsp3) is 0.154. The van der Waals surface area contributed by atoms with E-state index in [0.29, 0.717) is 5.69 Å². The largest absolute Gasteiger partial charge is 0.296 e. The zero-order chi connectivity index (χ0) is 12.7. The number of hydrogen-bond acceptors (Lipinski definition) is 3. The molecule has 4 nitrogen and oxygen atoms in total. The summed E-state index contributed by atoms with van der Waals surface area (Å²) in [7, 11) is 0. The predicted octanol–water partition coefficient (Wildman–Crippen LogP) is 2.13. The number of imide groups is 1. The maximum absolute atomic E-state index is 11.7. The lowest BCUT2D eigenvalue weighted by atomic mass is 10.0. The first-order valence-corrected chi connectivity index (χ1v) is 6.33. The van der Waals surface area contributed by atoms with Crippen LogP contribution in [0.2, 0.25) is 0 Å². The molecule has 0 aliphatic carbocycles. The Balaban J connectivity index is 2.14. The number of pyridine rings is 1. The highest BCUT2D eigenvalue weighted by Gasteiger charge is 2.34. The highest BCUT2D eigenvalue weighted by Crippen LogP contribution is 2.31. The van der Waals surface area contributed by atoms with Gasteiger partial charge in [-0.3, -0.25) is 19.9 Å². The first-order chi connectivity index (χ1) is 8.65. The number of carbonyl (C=O) groups excluding carboxylic acids is 2. The summed E-state index contributed by atoms with van der Waals surface area (Å²) >= 11 is 3.42. The highest BCUT2D eigenvalue weighted by atomic mass is 79.9. The Morgan fingerprint density at radius 1 is 1.28 bits per heavy atom. The number of carbonyl (C=O) groups is 2. The number of hydrogen-bond donors (Lipinski definition) is 1. The highest BCUT2D eigenvalue weighted by molar-refractivity contribution is 9.10. The minimum Gasteiger partial charge on any atom is -0.296 e. The predicted molar refractivity (Wildman–Crippen MR) is 70.0 cm³/mol. The van der Waals surface area contributed by atoms with E-state index in [0.717, 1.165) is 15.4 Å². The number of amides is 2. The van der Waals surface area contributed by atoms with Crippen molar-refractivity contribution in [1.29, 1.82) is 0 Å². The Hall–Kier alpha value is -1.75. The average Bonchev–Trinajstić information content (AvgIpc) is 2.67. The van der Waals surface area contributed by atoms with Crippen LogP contribution in [0, 0.1) is 0 Å². The van der Waals surface area contributed by atoms with Gasteiger partial charge in [0.1, 0.15) is 0 Å². The Morgan fingerprint density at radius 3 is 2.78 bits per heavy atom. The van der Waals surface area contributed by atoms with Crippen LogP contribution in [0.15, 0.2) is 34.8 Å². The van der Waals surface area contributed by atoms with Crippen molar-refractivity contribution >= 4 is 38.6 Å². The number of rotatable bonds is 1. The number of halogens is 1. The quantitative estimate of drug-likeness (QED) is 0.821. The molecule has 0 bridgehead atoms. The molecule has 1 unspecified atom stereocenters. The van der Waals surface area contributed by atoms with Crippen LogP contribution >= 0.6 is 15.9 Å². The normalized spacial score (nSPS) is 19.3. The Labute approximate surface area is 112 Å². The van der Waals surface area contributed by atoms with Crippen LogP contribution in [-0.2, 0) is 9.59 Å². The third kappa shape index (κ3) is 1.80. The summed E-state index contributed by atoms with van der Waals surface area (Å²) in [5.74, 6) is -1.01. The van der Waals surface area contributed by atoms with Gasteiger partial charge in [0.05, 0.1) is 17.1 Å². The van der Waals surface area contributed by atoms with Crippen molar-refractivity contribution in [1.82, 2.24) is 10.3 Å². The van der Waals surface area contributed by atoms with Crippen molar-refractivity contribution < 1.29 is 9.59 Å². The van der Waals surface area contributed by atoms with E-state index in [9.17, 15) is 9.59 Å². The Morgan fingerprint density at radius 2 is 2.06 bits per heavy atom. The number of aromatic nitrogens is 1. The maximum Gasteiger partial charge on any atom is 0.236 e. The van der Waals surface area contributed by atoms with Crippen molar-refractivity contribution in [2.45, 2.75) is 12.3 Å². The van der Waals surface area contributed by atoms with Gasteiger partial charge in [-0.05, 0) is 28.1 Å². The van der Waals surface area contributed by atoms with Gasteiger partial charge in [0.25, 0.3) is 0 Å². The maximum atomic E-state index is 11.7. The van der Waals surface area contributed by atoms with Gasteiger partial charge in [0.2, 0.25) is 11.8 Å². The van der Waals surface area contributed by atoms with Crippen molar-refractivity contribution in [2.75, 3.05) is 0 Å². The van der Waals surface area contributed by atoms with E-state index in [1.54, 1.807) is 0 Å². The van der Waals surface area contributed by atoms with Gasteiger partial charge in [-0.15, -0.1) is 0 Å². The van der Waals surface area contributed by atoms with Crippen molar-refractivity contribution in [3.8, 4) is 0 Å². The number of nitrogens with one attached hydrogen (secondary N) is 1. The van der Waals surface area contributed by atoms with E-state index in [4.69, 9.17) is 0 Å². The lowest BCUT2D eigenvalue weighted by Gasteiger charge is -2.09. The molecule has 1 aromatic carbocycles. The molecule has 1 aliphatic heterocycles. The second-order valence-corrected chi connectivity index (χ2v) is 5.07. The first kappa shape index (κ1) is 11.3. The fourth-order valence-electron chi connectivity index (χ4n) is 2.12. The van der Waals surface area contributed by atoms with Crippen LogP contribution in [0.1, 0.15) is 18.0 Å². The average molecular weight is 305 g/mol. The second kappa shape index (κ2) is 4.17. The van der Waals surface area contributed by atoms with E-state index in [1.807, 2.05) is 30.3 Å². The van der Waals surface area contributed by atoms with Gasteiger partial charge in [-0.25, -0.2) is 0 Å². The zero-order valence-corrected chi connectivity index (χ0v) is 10.9. The van der Waals surface area contributed by atoms with Crippen molar-refractivity contribution in [3.05, 3.63) is 40.5 Å². The lowest BCUT2D eigenvalue weighted by molar-refractivity contribution is -0.125. The van der Waals surface area contributed by atoms with E-state index in [1.165, 1.54) is 0 Å². The van der Waals surface area contributed by atoms with Gasteiger partial charge in [-0.2, -0.15) is 0 Å². The minimum atomic E-state index is -0.489. The molecule has 1 N–H and O–H groups in total. The van der Waals surface area contributed by atoms with Crippen molar-refractivity contribution in [2.24, 2.45) is 0 Å². The number of fused-ring (bicyclic) bond motifs is 1. The van der Waals surface area contributed by atoms with E-state index >= 15 is 0 Å². The molecular formula is C13H9BrN2O2. The molecule has 2 aromatic rings. The van der Waals surface area contributed by atoms with E-state index in [-0.39, 0.29) is 18.2 Å². The summed E-state index contributed by atoms with van der Waals surface area (Å²) in [5, 5.41) is 3.30. The van der Waals surface area contributed by atoms with Crippen LogP contribution in [0.3, 0.4) is 0 Å². The molecule has 1 fully saturated rings. The molecule has 0 spiro atoms. The van der Waals surface area contributed by atoms with E-state index in [2.05, 4.69) is 26.2 Å². The minimum absolute atomic E-state index is 0.169. The van der Waals surface area contributed by atoms with Crippen molar-refractivity contribution in [3.63, 3.8) is 0 Å². The summed E-state index contributed by atoms with van der Waals surface area (Å²) in [5.41, 5.74) is 1.44. The third-order valence-corrected chi connectivity index (χ3v) is 3.64. The van der Waals surface area contributed by atoms with Gasteiger partial charge < -0.3 is 0 Å². The molecule has 1 aliphatic rings. The van der Waals surface area contributed by atoms with Gasteiger partial charge in [0.15, 0.2) is 0 Å². The van der Waals surface area contributed by atoms with Gasteiger partial charge in [-0.1, -0.05) is 18.2 Å². The number of para-hydroxylation sites is 1. The molecule has 0 saturated carbocycles. The zero-order valence-electron chi connectivity index (χ0n) is 9.31. The van der Waals surface area contributed by atoms with E-state index < -0.39 is 5.92 Å². The summed E-state index contributed by atoms with van der Waals surface area (Å²) in [6, 6.07) is 9.60. The van der Waals surface area contributed by atoms with Gasteiger partial charge >= 0.3 is 0 Å². The smallest absolute Gasteiger partial charge is 0.236 e. The molecule has 1 atom stereocenters. The Kier molecular flexibility index (Phi) is 2.63. The van der Waals surface area contributed by atoms with Crippen LogP contribution in [-0.4, -0.2) is 16.8 Å². The first-order valence-electron chi connectivity index (χ1n) is 5.54. The topological polar surface area (TPSA) is 59.1 Å². The Bertz CT molecular complexity index is 669. The molecule has 1 saturated heterocycles. The monoisotopic (exact) mass is 304 g/mol. The van der Waals surface area contributed by atoms with Gasteiger partial charge in [0, 0.05) is 16.3 Å². The lowest BCUT2D eigenvalue weighted by Crippen LogP contribution is -2.21. The third-order valence-electron chi connectivity index (χ3n) is 3.00. The molecule has 0 radical (unpaired) electrons. The second-order valence-electron chi connectivity index (χ2n) is 4.22. The molecule has 2 amide bonds. The molecule has 2 heterocycles. The SMILES string of the molecule is O=C1CC(c2nc3ccccc3cc2Br)C(=O)N1. The summed E-state index contributed by atoms with van der Waals surface area (Å²) < 4.78 is 0.760. The molecule has 18 heavy (non-hydrogen) atoms. The van der Waals surface area contributed by atoms with Crippen LogP contribution in [0.5, 0.6) is 0 Å². The number of benzene rings is 1. The molecule has 90 valence electrons.